The molecule has 1 aromatic carbocycles. The molecule has 4 aromatic rings. The molecule has 0 aliphatic carbocycles. The van der Waals surface area contributed by atoms with Crippen molar-refractivity contribution in [2.75, 3.05) is 13.7 Å². The van der Waals surface area contributed by atoms with Gasteiger partial charge < -0.3 is 18.7 Å². The third kappa shape index (κ3) is 3.93. The molecule has 1 fully saturated rings. The first-order chi connectivity index (χ1) is 15.7. The van der Waals surface area contributed by atoms with Crippen molar-refractivity contribution < 1.29 is 18.6 Å². The van der Waals surface area contributed by atoms with Crippen molar-refractivity contribution in [3.63, 3.8) is 0 Å². The number of thiophene rings is 1. The predicted octanol–water partition coefficient (Wildman–Crippen LogP) is 5.82. The highest BCUT2D eigenvalue weighted by molar-refractivity contribution is 7.13. The molecular formula is C24H23N3O4S. The Balaban J connectivity index is 1.43. The number of ether oxygens (including phenoxy) is 1. The fraction of sp³-hybridized carbons (Fsp3) is 0.292. The number of nitrogens with zero attached hydrogens (tertiary/aromatic N) is 3. The summed E-state index contributed by atoms with van der Waals surface area (Å²) >= 11 is 1.60. The number of carbonyl (C=O) groups is 1. The quantitative estimate of drug-likeness (QED) is 0.382. The highest BCUT2D eigenvalue weighted by Crippen LogP contribution is 2.35. The van der Waals surface area contributed by atoms with Gasteiger partial charge in [0, 0.05) is 18.7 Å². The van der Waals surface area contributed by atoms with E-state index < -0.39 is 0 Å². The zero-order valence-corrected chi connectivity index (χ0v) is 18.5. The number of likely N-dealkylation sites (tertiary alicyclic amines) is 1. The van der Waals surface area contributed by atoms with Crippen LogP contribution in [0.15, 0.2) is 63.0 Å². The predicted molar refractivity (Wildman–Crippen MR) is 121 cm³/mol. The Hall–Kier alpha value is -3.39. The molecule has 0 radical (unpaired) electrons. The summed E-state index contributed by atoms with van der Waals surface area (Å²) in [5.74, 6) is 1.73. The van der Waals surface area contributed by atoms with E-state index in [2.05, 4.69) is 10.3 Å². The first-order valence-corrected chi connectivity index (χ1v) is 11.5. The van der Waals surface area contributed by atoms with Gasteiger partial charge in [0.05, 0.1) is 23.6 Å². The van der Waals surface area contributed by atoms with E-state index in [9.17, 15) is 4.79 Å². The summed E-state index contributed by atoms with van der Waals surface area (Å²) in [5, 5.41) is 10.4. The number of carbonyl (C=O) groups excluding carboxylic acids is 1. The second-order valence-corrected chi connectivity index (χ2v) is 8.68. The van der Waals surface area contributed by atoms with Crippen LogP contribution in [0.5, 0.6) is 5.75 Å². The average molecular weight is 450 g/mol. The van der Waals surface area contributed by atoms with E-state index in [0.29, 0.717) is 18.1 Å². The van der Waals surface area contributed by atoms with Crippen LogP contribution in [0.3, 0.4) is 0 Å². The molecule has 0 saturated carbocycles. The van der Waals surface area contributed by atoms with Crippen LogP contribution in [0, 0.1) is 0 Å². The topological polar surface area (TPSA) is 81.6 Å². The zero-order chi connectivity index (χ0) is 21.9. The number of amides is 1. The molecule has 1 amide bonds. The second kappa shape index (κ2) is 9.00. The van der Waals surface area contributed by atoms with E-state index in [0.717, 1.165) is 47.6 Å². The van der Waals surface area contributed by atoms with Gasteiger partial charge in [-0.05, 0) is 36.4 Å². The molecule has 5 rings (SSSR count). The van der Waals surface area contributed by atoms with Crippen LogP contribution in [-0.4, -0.2) is 34.8 Å². The van der Waals surface area contributed by atoms with Gasteiger partial charge in [-0.1, -0.05) is 41.4 Å². The third-order valence-electron chi connectivity index (χ3n) is 5.75. The summed E-state index contributed by atoms with van der Waals surface area (Å²) in [4.78, 5) is 16.4. The summed E-state index contributed by atoms with van der Waals surface area (Å²) < 4.78 is 16.5. The van der Waals surface area contributed by atoms with Crippen LogP contribution in [0.4, 0.5) is 0 Å². The van der Waals surface area contributed by atoms with Crippen molar-refractivity contribution in [3.8, 4) is 27.7 Å². The van der Waals surface area contributed by atoms with E-state index in [1.165, 1.54) is 0 Å². The molecule has 1 saturated heterocycles. The lowest BCUT2D eigenvalue weighted by Crippen LogP contribution is -2.35. The molecule has 0 N–H and O–H groups in total. The Morgan fingerprint density at radius 3 is 2.78 bits per heavy atom. The van der Waals surface area contributed by atoms with Gasteiger partial charge in [0.1, 0.15) is 11.4 Å². The molecule has 1 atom stereocenters. The Labute approximate surface area is 189 Å². The lowest BCUT2D eigenvalue weighted by molar-refractivity contribution is 0.0663. The van der Waals surface area contributed by atoms with Crippen molar-refractivity contribution in [2.24, 2.45) is 0 Å². The van der Waals surface area contributed by atoms with Crippen LogP contribution in [0.2, 0.25) is 0 Å². The second-order valence-electron chi connectivity index (χ2n) is 7.73. The van der Waals surface area contributed by atoms with Crippen molar-refractivity contribution in [1.29, 1.82) is 0 Å². The number of aromatic nitrogens is 2. The van der Waals surface area contributed by atoms with Crippen molar-refractivity contribution in [1.82, 2.24) is 15.2 Å². The molecule has 0 unspecified atom stereocenters. The van der Waals surface area contributed by atoms with Gasteiger partial charge in [-0.15, -0.1) is 11.3 Å². The van der Waals surface area contributed by atoms with E-state index in [4.69, 9.17) is 13.8 Å². The van der Waals surface area contributed by atoms with E-state index in [1.807, 2.05) is 52.7 Å². The summed E-state index contributed by atoms with van der Waals surface area (Å²) in [6.45, 7) is 0.640. The van der Waals surface area contributed by atoms with Gasteiger partial charge in [-0.3, -0.25) is 4.79 Å². The summed E-state index contributed by atoms with van der Waals surface area (Å²) in [7, 11) is 1.60. The maximum Gasteiger partial charge on any atom is 0.276 e. The van der Waals surface area contributed by atoms with Crippen LogP contribution < -0.4 is 4.74 Å². The van der Waals surface area contributed by atoms with E-state index in [-0.39, 0.29) is 17.6 Å². The van der Waals surface area contributed by atoms with E-state index in [1.54, 1.807) is 24.5 Å². The Morgan fingerprint density at radius 1 is 1.06 bits per heavy atom. The number of hydrogen-bond donors (Lipinski definition) is 0. The molecule has 7 nitrogen and oxygen atoms in total. The molecular weight excluding hydrogens is 426 g/mol. The molecule has 3 aromatic heterocycles. The van der Waals surface area contributed by atoms with Gasteiger partial charge >= 0.3 is 0 Å². The summed E-state index contributed by atoms with van der Waals surface area (Å²) in [6, 6.07) is 15.0. The molecule has 32 heavy (non-hydrogen) atoms. The van der Waals surface area contributed by atoms with Crippen molar-refractivity contribution in [3.05, 3.63) is 65.3 Å². The Kier molecular flexibility index (Phi) is 5.77. The molecule has 0 bridgehead atoms. The minimum Gasteiger partial charge on any atom is -0.496 e. The Morgan fingerprint density at radius 2 is 1.94 bits per heavy atom. The minimum atomic E-state index is -0.164. The smallest absolute Gasteiger partial charge is 0.276 e. The molecule has 1 aliphatic heterocycles. The third-order valence-corrected chi connectivity index (χ3v) is 6.63. The van der Waals surface area contributed by atoms with E-state index >= 15 is 0 Å². The minimum absolute atomic E-state index is 0.158. The molecule has 8 heteroatoms. The molecule has 1 aliphatic rings. The van der Waals surface area contributed by atoms with Gasteiger partial charge in [0.25, 0.3) is 5.91 Å². The van der Waals surface area contributed by atoms with Crippen molar-refractivity contribution >= 4 is 17.2 Å². The first-order valence-electron chi connectivity index (χ1n) is 10.7. The highest BCUT2D eigenvalue weighted by Gasteiger charge is 2.32. The lowest BCUT2D eigenvalue weighted by Gasteiger charge is -2.27. The summed E-state index contributed by atoms with van der Waals surface area (Å²) in [5.41, 5.74) is 1.81. The average Bonchev–Trinajstić information content (AvgIpc) is 3.58. The lowest BCUT2D eigenvalue weighted by atomic mass is 10.1. The molecule has 4 heterocycles. The number of benzene rings is 1. The number of hydrogen-bond acceptors (Lipinski definition) is 7. The van der Waals surface area contributed by atoms with Crippen LogP contribution in [0.25, 0.3) is 22.0 Å². The van der Waals surface area contributed by atoms with Gasteiger partial charge in [-0.2, -0.15) is 0 Å². The monoisotopic (exact) mass is 449 g/mol. The largest absolute Gasteiger partial charge is 0.496 e. The van der Waals surface area contributed by atoms with Crippen LogP contribution in [0.1, 0.15) is 47.9 Å². The van der Waals surface area contributed by atoms with Crippen molar-refractivity contribution in [2.45, 2.75) is 31.7 Å². The summed E-state index contributed by atoms with van der Waals surface area (Å²) in [6.07, 6.45) is 3.87. The molecule has 164 valence electrons. The van der Waals surface area contributed by atoms with Gasteiger partial charge in [0.15, 0.2) is 17.2 Å². The molecule has 0 spiro atoms. The number of rotatable bonds is 5. The fourth-order valence-electron chi connectivity index (χ4n) is 4.14. The van der Waals surface area contributed by atoms with Crippen LogP contribution in [-0.2, 0) is 0 Å². The Bertz CT molecular complexity index is 1200. The maximum atomic E-state index is 13.5. The van der Waals surface area contributed by atoms with Gasteiger partial charge in [0.2, 0.25) is 0 Å². The van der Waals surface area contributed by atoms with Gasteiger partial charge in [-0.25, -0.2) is 0 Å². The fourth-order valence-corrected chi connectivity index (χ4v) is 4.81. The zero-order valence-electron chi connectivity index (χ0n) is 17.7. The maximum absolute atomic E-state index is 13.5. The number of para-hydroxylation sites is 1. The number of methoxy groups -OCH3 is 1. The van der Waals surface area contributed by atoms with Crippen LogP contribution >= 0.6 is 11.3 Å². The highest BCUT2D eigenvalue weighted by atomic mass is 32.1. The SMILES string of the molecule is COc1ccccc1-c1cc(C(=O)N2CCCCC[C@@H]2c2cc(-c3cccs3)on2)no1. The normalized spacial score (nSPS) is 16.7. The first kappa shape index (κ1) is 20.5. The standard InChI is InChI=1S/C24H23N3O4S/c1-29-20-10-5-4-8-16(20)21-15-18(26-30-21)24(28)27-12-6-2-3-9-19(27)17-14-22(31-25-17)23-11-7-13-32-23/h4-5,7-8,10-11,13-15,19H,2-3,6,9,12H2,1H3/t19-/m1/s1.